The van der Waals surface area contributed by atoms with Crippen LogP contribution in [0.15, 0.2) is 42.7 Å². The molecule has 24 heavy (non-hydrogen) atoms. The zero-order chi connectivity index (χ0) is 16.5. The van der Waals surface area contributed by atoms with E-state index < -0.39 is 0 Å². The molecule has 1 aromatic carbocycles. The Morgan fingerprint density at radius 3 is 2.92 bits per heavy atom. The van der Waals surface area contributed by atoms with E-state index in [1.54, 1.807) is 6.20 Å². The lowest BCUT2D eigenvalue weighted by Crippen LogP contribution is -2.27. The second kappa shape index (κ2) is 6.07. The number of nitrogens with zero attached hydrogens (tertiary/aromatic N) is 3. The fraction of sp³-hybridized carbons (Fsp3) is 0.316. The number of rotatable bonds is 5. The van der Waals surface area contributed by atoms with E-state index in [1.807, 2.05) is 36.5 Å². The van der Waals surface area contributed by atoms with Crippen LogP contribution in [-0.4, -0.2) is 27.0 Å². The molecule has 2 heterocycles. The van der Waals surface area contributed by atoms with Crippen LogP contribution in [0.25, 0.3) is 10.8 Å². The molecule has 0 radical (unpaired) electrons. The van der Waals surface area contributed by atoms with Gasteiger partial charge in [-0.1, -0.05) is 24.3 Å². The summed E-state index contributed by atoms with van der Waals surface area (Å²) in [5, 5.41) is 4.89. The Bertz CT molecular complexity index is 890. The molecular formula is C19H20N4O. The van der Waals surface area contributed by atoms with Crippen LogP contribution in [0.5, 0.6) is 0 Å². The largest absolute Gasteiger partial charge is 0.350 e. The van der Waals surface area contributed by atoms with E-state index in [2.05, 4.69) is 26.8 Å². The summed E-state index contributed by atoms with van der Waals surface area (Å²) in [5.41, 5.74) is 1.68. The molecule has 1 saturated carbocycles. The van der Waals surface area contributed by atoms with Crippen molar-refractivity contribution in [1.82, 2.24) is 19.9 Å². The molecular weight excluding hydrogens is 300 g/mol. The van der Waals surface area contributed by atoms with Gasteiger partial charge in [-0.05, 0) is 31.2 Å². The summed E-state index contributed by atoms with van der Waals surface area (Å²) in [7, 11) is 0. The third kappa shape index (κ3) is 2.77. The Balaban J connectivity index is 1.45. The topological polar surface area (TPSA) is 59.8 Å². The number of benzene rings is 1. The number of imidazole rings is 1. The fourth-order valence-electron chi connectivity index (χ4n) is 3.18. The molecule has 1 N–H and O–H groups in total. The summed E-state index contributed by atoms with van der Waals surface area (Å²) in [6.45, 7) is 2.65. The molecule has 5 heteroatoms. The molecule has 1 aliphatic rings. The van der Waals surface area contributed by atoms with Crippen molar-refractivity contribution in [1.29, 1.82) is 0 Å². The summed E-state index contributed by atoms with van der Waals surface area (Å²) in [6.07, 6.45) is 6.80. The van der Waals surface area contributed by atoms with Crippen molar-refractivity contribution in [3.05, 3.63) is 59.9 Å². The Morgan fingerprint density at radius 1 is 1.25 bits per heavy atom. The van der Waals surface area contributed by atoms with Crippen molar-refractivity contribution in [3.63, 3.8) is 0 Å². The maximum atomic E-state index is 12.5. The first kappa shape index (κ1) is 14.9. The van der Waals surface area contributed by atoms with E-state index in [4.69, 9.17) is 0 Å². The van der Waals surface area contributed by atoms with Gasteiger partial charge in [0.1, 0.15) is 11.5 Å². The van der Waals surface area contributed by atoms with E-state index in [0.29, 0.717) is 18.3 Å². The second-order valence-electron chi connectivity index (χ2n) is 6.30. The predicted molar refractivity (Wildman–Crippen MR) is 93.0 cm³/mol. The first-order valence-corrected chi connectivity index (χ1v) is 8.38. The highest BCUT2D eigenvalue weighted by atomic mass is 16.1. The Kier molecular flexibility index (Phi) is 3.76. The molecule has 3 aromatic rings. The highest BCUT2D eigenvalue weighted by Crippen LogP contribution is 2.36. The number of aryl methyl sites for hydroxylation is 1. The molecule has 0 aliphatic heterocycles. The number of nitrogens with one attached hydrogen (secondary N) is 1. The number of pyridine rings is 1. The van der Waals surface area contributed by atoms with Crippen LogP contribution in [0.2, 0.25) is 0 Å². The number of amides is 1. The average molecular weight is 320 g/mol. The van der Waals surface area contributed by atoms with Crippen molar-refractivity contribution in [3.8, 4) is 0 Å². The molecule has 1 fully saturated rings. The molecule has 1 amide bonds. The highest BCUT2D eigenvalue weighted by molar-refractivity contribution is 6.05. The van der Waals surface area contributed by atoms with Gasteiger partial charge in [-0.3, -0.25) is 9.78 Å². The summed E-state index contributed by atoms with van der Waals surface area (Å²) >= 11 is 0. The smallest absolute Gasteiger partial charge is 0.270 e. The normalized spacial score (nSPS) is 14.0. The maximum absolute atomic E-state index is 12.5. The molecule has 4 rings (SSSR count). The van der Waals surface area contributed by atoms with Gasteiger partial charge in [0.05, 0.1) is 0 Å². The number of fused-ring (bicyclic) bond motifs is 1. The summed E-state index contributed by atoms with van der Waals surface area (Å²) in [4.78, 5) is 21.2. The average Bonchev–Trinajstić information content (AvgIpc) is 3.37. The molecule has 0 bridgehead atoms. The molecule has 1 aliphatic carbocycles. The summed E-state index contributed by atoms with van der Waals surface area (Å²) in [5.74, 6) is 0.925. The maximum Gasteiger partial charge on any atom is 0.270 e. The molecule has 122 valence electrons. The molecule has 0 saturated heterocycles. The van der Waals surface area contributed by atoms with Gasteiger partial charge < -0.3 is 9.88 Å². The van der Waals surface area contributed by atoms with Crippen LogP contribution in [-0.2, 0) is 6.42 Å². The van der Waals surface area contributed by atoms with Crippen molar-refractivity contribution < 1.29 is 4.79 Å². The number of carbonyl (C=O) groups excluding carboxylic acids is 1. The van der Waals surface area contributed by atoms with Gasteiger partial charge in [0.15, 0.2) is 0 Å². The first-order valence-electron chi connectivity index (χ1n) is 8.38. The van der Waals surface area contributed by atoms with Crippen molar-refractivity contribution in [2.24, 2.45) is 0 Å². The SMILES string of the molecule is Cc1cnc(CCNC(=O)c2nccc3ccccc23)n1C1CC1. The number of aromatic nitrogens is 3. The van der Waals surface area contributed by atoms with Gasteiger partial charge in [-0.2, -0.15) is 0 Å². The molecule has 0 atom stereocenters. The van der Waals surface area contributed by atoms with Gasteiger partial charge in [0.25, 0.3) is 5.91 Å². The van der Waals surface area contributed by atoms with Gasteiger partial charge >= 0.3 is 0 Å². The van der Waals surface area contributed by atoms with Crippen LogP contribution >= 0.6 is 0 Å². The van der Waals surface area contributed by atoms with E-state index >= 15 is 0 Å². The van der Waals surface area contributed by atoms with Crippen molar-refractivity contribution >= 4 is 16.7 Å². The number of hydrogen-bond acceptors (Lipinski definition) is 3. The number of hydrogen-bond donors (Lipinski definition) is 1. The van der Waals surface area contributed by atoms with Crippen LogP contribution < -0.4 is 5.32 Å². The lowest BCUT2D eigenvalue weighted by molar-refractivity contribution is 0.0951. The zero-order valence-electron chi connectivity index (χ0n) is 13.7. The third-order valence-electron chi connectivity index (χ3n) is 4.49. The van der Waals surface area contributed by atoms with Crippen molar-refractivity contribution in [2.75, 3.05) is 6.54 Å². The minimum absolute atomic E-state index is 0.131. The molecule has 0 spiro atoms. The van der Waals surface area contributed by atoms with E-state index in [-0.39, 0.29) is 5.91 Å². The third-order valence-corrected chi connectivity index (χ3v) is 4.49. The van der Waals surface area contributed by atoms with Gasteiger partial charge in [0.2, 0.25) is 0 Å². The zero-order valence-corrected chi connectivity index (χ0v) is 13.7. The van der Waals surface area contributed by atoms with Crippen molar-refractivity contribution in [2.45, 2.75) is 32.2 Å². The van der Waals surface area contributed by atoms with Crippen LogP contribution in [0, 0.1) is 6.92 Å². The summed E-state index contributed by atoms with van der Waals surface area (Å²) in [6, 6.07) is 10.3. The second-order valence-corrected chi connectivity index (χ2v) is 6.30. The molecule has 2 aromatic heterocycles. The Hall–Kier alpha value is -2.69. The monoisotopic (exact) mass is 320 g/mol. The lowest BCUT2D eigenvalue weighted by Gasteiger charge is -2.10. The van der Waals surface area contributed by atoms with E-state index in [9.17, 15) is 4.79 Å². The standard InChI is InChI=1S/C19H20N4O/c1-13-12-22-17(23(13)15-6-7-15)9-11-21-19(24)18-16-5-3-2-4-14(16)8-10-20-18/h2-5,8,10,12,15H,6-7,9,11H2,1H3,(H,21,24). The minimum atomic E-state index is -0.131. The van der Waals surface area contributed by atoms with E-state index in [0.717, 1.165) is 23.0 Å². The predicted octanol–water partition coefficient (Wildman–Crippen LogP) is 3.05. The summed E-state index contributed by atoms with van der Waals surface area (Å²) < 4.78 is 2.31. The molecule has 5 nitrogen and oxygen atoms in total. The van der Waals surface area contributed by atoms with Crippen LogP contribution in [0.3, 0.4) is 0 Å². The quantitative estimate of drug-likeness (QED) is 0.786. The van der Waals surface area contributed by atoms with E-state index in [1.165, 1.54) is 18.5 Å². The lowest BCUT2D eigenvalue weighted by atomic mass is 10.1. The Labute approximate surface area is 140 Å². The first-order chi connectivity index (χ1) is 11.7. The van der Waals surface area contributed by atoms with Gasteiger partial charge in [0, 0.05) is 42.5 Å². The van der Waals surface area contributed by atoms with Crippen LogP contribution in [0.1, 0.15) is 40.9 Å². The highest BCUT2D eigenvalue weighted by Gasteiger charge is 2.27. The fourth-order valence-corrected chi connectivity index (χ4v) is 3.18. The van der Waals surface area contributed by atoms with Gasteiger partial charge in [-0.25, -0.2) is 4.98 Å². The number of carbonyl (C=O) groups is 1. The Morgan fingerprint density at radius 2 is 2.08 bits per heavy atom. The molecule has 0 unspecified atom stereocenters. The minimum Gasteiger partial charge on any atom is -0.350 e. The van der Waals surface area contributed by atoms with Crippen LogP contribution in [0.4, 0.5) is 0 Å². The van der Waals surface area contributed by atoms with Gasteiger partial charge in [-0.15, -0.1) is 0 Å².